The molecule has 6 rings (SSSR count). The second kappa shape index (κ2) is 12.8. The molecule has 0 atom stereocenters. The molecule has 0 bridgehead atoms. The summed E-state index contributed by atoms with van der Waals surface area (Å²) < 4.78 is 100. The average Bonchev–Trinajstić information content (AvgIpc) is 3.68. The van der Waals surface area contributed by atoms with Gasteiger partial charge in [-0.25, -0.2) is 8.42 Å². The van der Waals surface area contributed by atoms with E-state index in [-0.39, 0.29) is 34.3 Å². The number of ether oxygens (including phenoxy) is 2. The molecule has 0 radical (unpaired) electrons. The third kappa shape index (κ3) is 7.20. The molecule has 13 heteroatoms. The van der Waals surface area contributed by atoms with Crippen molar-refractivity contribution in [1.29, 1.82) is 0 Å². The van der Waals surface area contributed by atoms with Gasteiger partial charge in [-0.15, -0.1) is 0 Å². The summed E-state index contributed by atoms with van der Waals surface area (Å²) in [4.78, 5) is 0.0748. The van der Waals surface area contributed by atoms with Crippen LogP contribution in [0.4, 0.5) is 0 Å². The zero-order valence-electron chi connectivity index (χ0n) is 26.5. The van der Waals surface area contributed by atoms with Crippen LogP contribution in [0.15, 0.2) is 106 Å². The zero-order chi connectivity index (χ0) is 34.3. The van der Waals surface area contributed by atoms with Crippen molar-refractivity contribution >= 4 is 41.2 Å². The van der Waals surface area contributed by atoms with Crippen LogP contribution in [-0.4, -0.2) is 51.5 Å². The number of benzene rings is 4. The van der Waals surface area contributed by atoms with Crippen molar-refractivity contribution in [2.75, 3.05) is 26.3 Å². The molecule has 0 fully saturated rings. The van der Waals surface area contributed by atoms with Gasteiger partial charge in [0.25, 0.3) is 20.2 Å². The minimum absolute atomic E-state index is 0.0324. The van der Waals surface area contributed by atoms with Crippen molar-refractivity contribution in [3.05, 3.63) is 113 Å². The van der Waals surface area contributed by atoms with Gasteiger partial charge in [-0.3, -0.25) is 8.37 Å². The number of hydrogen-bond acceptors (Lipinski definition) is 10. The molecule has 4 aromatic carbocycles. The van der Waals surface area contributed by atoms with Crippen LogP contribution in [0.1, 0.15) is 35.1 Å². The fourth-order valence-corrected chi connectivity index (χ4v) is 8.41. The largest absolute Gasteiger partial charge is 0.454 e. The van der Waals surface area contributed by atoms with Crippen molar-refractivity contribution in [3.8, 4) is 11.5 Å². The Bertz CT molecular complexity index is 2130. The van der Waals surface area contributed by atoms with Crippen molar-refractivity contribution in [2.24, 2.45) is 5.41 Å². The average molecular weight is 711 g/mol. The lowest BCUT2D eigenvalue weighted by Crippen LogP contribution is -2.33. The standard InChI is InChI=1S/C35H34O10S3/c1-24-4-11-29(12-5-24)47(38,39)44-21-35(22-45-48(40,41)30-13-6-25(2)7-14-30)19-31(26-8-15-28(16-9-26)46(3,36)37)32(20-35)27-10-17-33-34(18-27)43-23-42-33/h4-18H,19-23H2,1-3H3. The second-order valence-electron chi connectivity index (χ2n) is 12.2. The highest BCUT2D eigenvalue weighted by Gasteiger charge is 2.43. The summed E-state index contributed by atoms with van der Waals surface area (Å²) in [6, 6.07) is 24.3. The lowest BCUT2D eigenvalue weighted by atomic mass is 9.84. The Morgan fingerprint density at radius 3 is 1.52 bits per heavy atom. The molecule has 1 aliphatic heterocycles. The molecule has 252 valence electrons. The molecular weight excluding hydrogens is 677 g/mol. The first kappa shape index (κ1) is 33.9. The fourth-order valence-electron chi connectivity index (χ4n) is 5.76. The molecule has 10 nitrogen and oxygen atoms in total. The number of aryl methyl sites for hydroxylation is 2. The number of rotatable bonds is 11. The van der Waals surface area contributed by atoms with Gasteiger partial charge >= 0.3 is 0 Å². The van der Waals surface area contributed by atoms with E-state index in [1.165, 1.54) is 36.4 Å². The SMILES string of the molecule is Cc1ccc(S(=O)(=O)OCC2(COS(=O)(=O)c3ccc(C)cc3)CC(c3ccc(S(C)(=O)=O)cc3)=C(c3ccc4c(c3)OCO4)C2)cc1. The van der Waals surface area contributed by atoms with E-state index in [2.05, 4.69) is 0 Å². The number of hydrogen-bond donors (Lipinski definition) is 0. The van der Waals surface area contributed by atoms with Crippen LogP contribution >= 0.6 is 0 Å². The molecule has 0 unspecified atom stereocenters. The maximum atomic E-state index is 13.4. The third-order valence-electron chi connectivity index (χ3n) is 8.48. The van der Waals surface area contributed by atoms with Gasteiger partial charge in [-0.1, -0.05) is 53.6 Å². The molecule has 1 heterocycles. The Labute approximate surface area is 281 Å². The molecular formula is C35H34O10S3. The van der Waals surface area contributed by atoms with E-state index in [0.717, 1.165) is 34.1 Å². The molecule has 0 N–H and O–H groups in total. The van der Waals surface area contributed by atoms with E-state index in [9.17, 15) is 25.3 Å². The van der Waals surface area contributed by atoms with E-state index >= 15 is 0 Å². The maximum Gasteiger partial charge on any atom is 0.296 e. The molecule has 0 saturated heterocycles. The maximum absolute atomic E-state index is 13.4. The Kier molecular flexibility index (Phi) is 9.02. The lowest BCUT2D eigenvalue weighted by Gasteiger charge is -2.29. The summed E-state index contributed by atoms with van der Waals surface area (Å²) in [6.07, 6.45) is 1.45. The summed E-state index contributed by atoms with van der Waals surface area (Å²) in [7, 11) is -11.9. The van der Waals surface area contributed by atoms with Gasteiger partial charge in [0.15, 0.2) is 21.3 Å². The molecule has 4 aromatic rings. The minimum Gasteiger partial charge on any atom is -0.454 e. The Balaban J connectivity index is 1.41. The van der Waals surface area contributed by atoms with Crippen LogP contribution in [-0.2, 0) is 38.4 Å². The van der Waals surface area contributed by atoms with Gasteiger partial charge in [0.2, 0.25) is 6.79 Å². The van der Waals surface area contributed by atoms with Crippen LogP contribution in [0.2, 0.25) is 0 Å². The predicted molar refractivity (Wildman–Crippen MR) is 179 cm³/mol. The third-order valence-corrected chi connectivity index (χ3v) is 12.2. The van der Waals surface area contributed by atoms with Crippen molar-refractivity contribution < 1.29 is 43.1 Å². The van der Waals surface area contributed by atoms with Crippen LogP contribution in [0.25, 0.3) is 11.1 Å². The zero-order valence-corrected chi connectivity index (χ0v) is 29.0. The number of allylic oxidation sites excluding steroid dienone is 2. The summed E-state index contributed by atoms with van der Waals surface area (Å²) in [5, 5.41) is 0. The molecule has 2 aliphatic rings. The van der Waals surface area contributed by atoms with E-state index in [4.69, 9.17) is 17.8 Å². The molecule has 0 amide bonds. The first-order valence-corrected chi connectivity index (χ1v) is 19.7. The molecule has 0 saturated carbocycles. The number of fused-ring (bicyclic) bond motifs is 1. The normalized spacial score (nSPS) is 16.0. The van der Waals surface area contributed by atoms with E-state index in [0.29, 0.717) is 17.1 Å². The highest BCUT2D eigenvalue weighted by Crippen LogP contribution is 2.52. The van der Waals surface area contributed by atoms with Gasteiger partial charge in [0, 0.05) is 11.7 Å². The summed E-state index contributed by atoms with van der Waals surface area (Å²) in [6.45, 7) is 2.95. The summed E-state index contributed by atoms with van der Waals surface area (Å²) in [5.74, 6) is 1.10. The Morgan fingerprint density at radius 2 is 1.02 bits per heavy atom. The summed E-state index contributed by atoms with van der Waals surface area (Å²) in [5.41, 5.74) is 3.52. The van der Waals surface area contributed by atoms with Crippen molar-refractivity contribution in [3.63, 3.8) is 0 Å². The highest BCUT2D eigenvalue weighted by molar-refractivity contribution is 7.90. The van der Waals surface area contributed by atoms with Gasteiger partial charge < -0.3 is 9.47 Å². The van der Waals surface area contributed by atoms with Crippen molar-refractivity contribution in [1.82, 2.24) is 0 Å². The lowest BCUT2D eigenvalue weighted by molar-refractivity contribution is 0.0982. The van der Waals surface area contributed by atoms with Gasteiger partial charge in [0.1, 0.15) is 0 Å². The first-order chi connectivity index (χ1) is 22.6. The predicted octanol–water partition coefficient (Wildman–Crippen LogP) is 5.94. The quantitative estimate of drug-likeness (QED) is 0.172. The van der Waals surface area contributed by atoms with Crippen LogP contribution < -0.4 is 9.47 Å². The van der Waals surface area contributed by atoms with E-state index in [1.54, 1.807) is 42.5 Å². The Hall–Kier alpha value is -4.01. The highest BCUT2D eigenvalue weighted by atomic mass is 32.2. The molecule has 48 heavy (non-hydrogen) atoms. The van der Waals surface area contributed by atoms with Crippen LogP contribution in [0, 0.1) is 19.3 Å². The van der Waals surface area contributed by atoms with E-state index in [1.807, 2.05) is 26.0 Å². The van der Waals surface area contributed by atoms with E-state index < -0.39 is 48.7 Å². The first-order valence-electron chi connectivity index (χ1n) is 15.0. The molecule has 0 aromatic heterocycles. The molecule has 0 spiro atoms. The monoisotopic (exact) mass is 710 g/mol. The Morgan fingerprint density at radius 1 is 0.583 bits per heavy atom. The van der Waals surface area contributed by atoms with Crippen LogP contribution in [0.3, 0.4) is 0 Å². The minimum atomic E-state index is -4.23. The fraction of sp³-hybridized carbons (Fsp3) is 0.257. The second-order valence-corrected chi connectivity index (χ2v) is 17.5. The van der Waals surface area contributed by atoms with Gasteiger partial charge in [0.05, 0.1) is 27.9 Å². The van der Waals surface area contributed by atoms with Gasteiger partial charge in [-0.05, 0) is 97.5 Å². The molecule has 1 aliphatic carbocycles. The van der Waals surface area contributed by atoms with Crippen molar-refractivity contribution in [2.45, 2.75) is 41.4 Å². The van der Waals surface area contributed by atoms with Crippen LogP contribution in [0.5, 0.6) is 11.5 Å². The smallest absolute Gasteiger partial charge is 0.296 e. The van der Waals surface area contributed by atoms with Gasteiger partial charge in [-0.2, -0.15) is 16.8 Å². The summed E-state index contributed by atoms with van der Waals surface area (Å²) >= 11 is 0. The topological polar surface area (TPSA) is 139 Å². The number of sulfone groups is 1.